The first-order chi connectivity index (χ1) is 6.17. The molecule has 0 bridgehead atoms. The molecule has 0 spiro atoms. The van der Waals surface area contributed by atoms with Crippen molar-refractivity contribution < 1.29 is 8.42 Å². The third-order valence-electron chi connectivity index (χ3n) is 1.32. The van der Waals surface area contributed by atoms with E-state index in [-0.39, 0.29) is 7.43 Å². The van der Waals surface area contributed by atoms with Crippen molar-refractivity contribution in [3.05, 3.63) is 30.3 Å². The van der Waals surface area contributed by atoms with Crippen LogP contribution in [0.5, 0.6) is 0 Å². The minimum atomic E-state index is -3.25. The second-order valence-corrected chi connectivity index (χ2v) is 3.91. The zero-order valence-electron chi connectivity index (χ0n) is 8.11. The van der Waals surface area contributed by atoms with Crippen molar-refractivity contribution in [3.8, 4) is 0 Å². The van der Waals surface area contributed by atoms with Crippen LogP contribution < -0.4 is 4.72 Å². The molecule has 0 atom stereocenters. The van der Waals surface area contributed by atoms with Crippen LogP contribution in [-0.4, -0.2) is 15.5 Å². The van der Waals surface area contributed by atoms with Gasteiger partial charge in [0.2, 0.25) is 10.0 Å². The molecule has 1 rings (SSSR count). The van der Waals surface area contributed by atoms with Crippen LogP contribution in [0.25, 0.3) is 0 Å². The molecule has 0 aliphatic carbocycles. The third kappa shape index (κ3) is 4.39. The van der Waals surface area contributed by atoms with E-state index in [4.69, 9.17) is 0 Å². The summed E-state index contributed by atoms with van der Waals surface area (Å²) >= 11 is 0. The highest BCUT2D eigenvalue weighted by molar-refractivity contribution is 7.89. The Labute approximate surface area is 87.2 Å². The van der Waals surface area contributed by atoms with E-state index >= 15 is 0 Å². The highest BCUT2D eigenvalue weighted by Crippen LogP contribution is 2.05. The molecule has 0 amide bonds. The Kier molecular flexibility index (Phi) is 8.38. The predicted octanol–water partition coefficient (Wildman–Crippen LogP) is 2.26. The van der Waals surface area contributed by atoms with Gasteiger partial charge in [-0.05, 0) is 19.2 Å². The summed E-state index contributed by atoms with van der Waals surface area (Å²) in [7, 11) is -1.86. The number of hydrogen-bond acceptors (Lipinski definition) is 2. The number of sulfonamides is 1. The molecule has 14 heavy (non-hydrogen) atoms. The van der Waals surface area contributed by atoms with Crippen LogP contribution in [0.15, 0.2) is 35.2 Å². The van der Waals surface area contributed by atoms with Crippen LogP contribution in [0.1, 0.15) is 21.3 Å². The Balaban J connectivity index is 0. The van der Waals surface area contributed by atoms with E-state index in [9.17, 15) is 8.42 Å². The minimum absolute atomic E-state index is 0. The minimum Gasteiger partial charge on any atom is -0.214 e. The summed E-state index contributed by atoms with van der Waals surface area (Å²) in [6.45, 7) is 4.00. The van der Waals surface area contributed by atoms with Crippen molar-refractivity contribution in [2.75, 3.05) is 7.05 Å². The van der Waals surface area contributed by atoms with Crippen LogP contribution in [0, 0.1) is 0 Å². The number of hydrogen-bond donors (Lipinski definition) is 1. The molecule has 0 radical (unpaired) electrons. The molecule has 0 fully saturated rings. The summed E-state index contributed by atoms with van der Waals surface area (Å²) in [5.41, 5.74) is 0. The summed E-state index contributed by atoms with van der Waals surface area (Å²) in [6.07, 6.45) is 0. The molecule has 4 heteroatoms. The molecule has 3 nitrogen and oxygen atoms in total. The Hall–Kier alpha value is -0.870. The topological polar surface area (TPSA) is 46.2 Å². The van der Waals surface area contributed by atoms with Crippen molar-refractivity contribution in [2.45, 2.75) is 26.2 Å². The van der Waals surface area contributed by atoms with Gasteiger partial charge in [0.05, 0.1) is 4.90 Å². The number of benzene rings is 1. The smallest absolute Gasteiger partial charge is 0.214 e. The first kappa shape index (κ1) is 15.6. The van der Waals surface area contributed by atoms with E-state index in [0.29, 0.717) is 4.90 Å². The van der Waals surface area contributed by atoms with Crippen molar-refractivity contribution in [3.63, 3.8) is 0 Å². The monoisotopic (exact) mass is 217 g/mol. The SMILES string of the molecule is C.CC.CNS(=O)(=O)c1ccccc1. The van der Waals surface area contributed by atoms with E-state index in [2.05, 4.69) is 4.72 Å². The van der Waals surface area contributed by atoms with Gasteiger partial charge in [0.15, 0.2) is 0 Å². The maximum atomic E-state index is 11.1. The van der Waals surface area contributed by atoms with Crippen LogP contribution in [0.2, 0.25) is 0 Å². The largest absolute Gasteiger partial charge is 0.240 e. The first-order valence-corrected chi connectivity index (χ1v) is 5.64. The molecule has 0 saturated carbocycles. The lowest BCUT2D eigenvalue weighted by atomic mass is 10.4. The van der Waals surface area contributed by atoms with Gasteiger partial charge in [-0.2, -0.15) is 0 Å². The van der Waals surface area contributed by atoms with E-state index in [1.165, 1.54) is 7.05 Å². The molecule has 0 aliphatic heterocycles. The summed E-state index contributed by atoms with van der Waals surface area (Å²) in [4.78, 5) is 0.294. The Morgan fingerprint density at radius 2 is 1.50 bits per heavy atom. The van der Waals surface area contributed by atoms with Crippen molar-refractivity contribution in [1.29, 1.82) is 0 Å². The van der Waals surface area contributed by atoms with E-state index in [0.717, 1.165) is 0 Å². The van der Waals surface area contributed by atoms with E-state index in [1.807, 2.05) is 13.8 Å². The summed E-state index contributed by atoms with van der Waals surface area (Å²) in [5, 5.41) is 0. The van der Waals surface area contributed by atoms with Crippen molar-refractivity contribution in [1.82, 2.24) is 4.72 Å². The summed E-state index contributed by atoms with van der Waals surface area (Å²) in [6, 6.07) is 8.24. The van der Waals surface area contributed by atoms with Gasteiger partial charge in [0.25, 0.3) is 0 Å². The quantitative estimate of drug-likeness (QED) is 0.826. The van der Waals surface area contributed by atoms with Gasteiger partial charge >= 0.3 is 0 Å². The van der Waals surface area contributed by atoms with Gasteiger partial charge in [0, 0.05) is 0 Å². The Bertz CT molecular complexity index is 319. The first-order valence-electron chi connectivity index (χ1n) is 4.15. The van der Waals surface area contributed by atoms with Gasteiger partial charge in [-0.25, -0.2) is 13.1 Å². The van der Waals surface area contributed by atoms with Gasteiger partial charge in [-0.15, -0.1) is 0 Å². The molecule has 0 heterocycles. The predicted molar refractivity (Wildman–Crippen MR) is 60.8 cm³/mol. The second-order valence-electron chi connectivity index (χ2n) is 2.02. The van der Waals surface area contributed by atoms with Crippen LogP contribution in [-0.2, 0) is 10.0 Å². The number of rotatable bonds is 2. The maximum absolute atomic E-state index is 11.1. The zero-order chi connectivity index (χ0) is 10.3. The van der Waals surface area contributed by atoms with Crippen molar-refractivity contribution >= 4 is 10.0 Å². The van der Waals surface area contributed by atoms with Crippen LogP contribution in [0.3, 0.4) is 0 Å². The molecular weight excluding hydrogens is 198 g/mol. The highest BCUT2D eigenvalue weighted by atomic mass is 32.2. The molecule has 1 N–H and O–H groups in total. The lowest BCUT2D eigenvalue weighted by molar-refractivity contribution is 0.588. The van der Waals surface area contributed by atoms with Crippen LogP contribution in [0.4, 0.5) is 0 Å². The lowest BCUT2D eigenvalue weighted by Crippen LogP contribution is -2.18. The maximum Gasteiger partial charge on any atom is 0.240 e. The fourth-order valence-electron chi connectivity index (χ4n) is 0.717. The van der Waals surface area contributed by atoms with Gasteiger partial charge in [-0.3, -0.25) is 0 Å². The molecule has 0 aliphatic rings. The average molecular weight is 217 g/mol. The lowest BCUT2D eigenvalue weighted by Gasteiger charge is -1.99. The van der Waals surface area contributed by atoms with Crippen molar-refractivity contribution in [2.24, 2.45) is 0 Å². The fourth-order valence-corrected chi connectivity index (χ4v) is 1.47. The van der Waals surface area contributed by atoms with Gasteiger partial charge in [0.1, 0.15) is 0 Å². The van der Waals surface area contributed by atoms with Gasteiger partial charge < -0.3 is 0 Å². The Morgan fingerprint density at radius 1 is 1.07 bits per heavy atom. The zero-order valence-corrected chi connectivity index (χ0v) is 8.93. The molecular formula is C10H19NO2S. The highest BCUT2D eigenvalue weighted by Gasteiger charge is 2.08. The molecule has 82 valence electrons. The normalized spacial score (nSPS) is 9.36. The van der Waals surface area contributed by atoms with E-state index < -0.39 is 10.0 Å². The number of nitrogens with one attached hydrogen (secondary N) is 1. The summed E-state index contributed by atoms with van der Waals surface area (Å²) < 4.78 is 24.4. The van der Waals surface area contributed by atoms with Gasteiger partial charge in [-0.1, -0.05) is 39.5 Å². The third-order valence-corrected chi connectivity index (χ3v) is 2.75. The van der Waals surface area contributed by atoms with E-state index in [1.54, 1.807) is 30.3 Å². The molecule has 1 aromatic rings. The molecule has 0 unspecified atom stereocenters. The fraction of sp³-hybridized carbons (Fsp3) is 0.400. The van der Waals surface area contributed by atoms with Crippen LogP contribution >= 0.6 is 0 Å². The average Bonchev–Trinajstić information content (AvgIpc) is 2.22. The standard InChI is InChI=1S/C7H9NO2S.C2H6.CH4/c1-8-11(9,10)7-5-3-2-4-6-7;1-2;/h2-6,8H,1H3;1-2H3;1H4. The Morgan fingerprint density at radius 3 is 1.86 bits per heavy atom. The molecule has 1 aromatic carbocycles. The molecule has 0 aromatic heterocycles. The molecule has 0 saturated heterocycles. The summed E-state index contributed by atoms with van der Waals surface area (Å²) in [5.74, 6) is 0. The second kappa shape index (κ2) is 7.53.